The first kappa shape index (κ1) is 19.5. The van der Waals surface area contributed by atoms with E-state index >= 15 is 0 Å². The van der Waals surface area contributed by atoms with Crippen LogP contribution in [0.3, 0.4) is 0 Å². The maximum absolute atomic E-state index is 6.12. The molecule has 2 aromatic heterocycles. The number of ether oxygens (including phenoxy) is 1. The van der Waals surface area contributed by atoms with Gasteiger partial charge in [-0.1, -0.05) is 42.1 Å². The van der Waals surface area contributed by atoms with Crippen LogP contribution in [0.2, 0.25) is 0 Å². The number of rotatable bonds is 6. The zero-order valence-electron chi connectivity index (χ0n) is 16.4. The van der Waals surface area contributed by atoms with Crippen LogP contribution in [0.5, 0.6) is 5.88 Å². The number of hydrogen-bond acceptors (Lipinski definition) is 8. The molecule has 8 heteroatoms. The Bertz CT molecular complexity index is 930. The first-order valence-corrected chi connectivity index (χ1v) is 10.4. The Morgan fingerprint density at radius 1 is 1.00 bits per heavy atom. The molecule has 0 bridgehead atoms. The molecular formula is C21H24N6OS. The lowest BCUT2D eigenvalue weighted by Gasteiger charge is -2.32. The van der Waals surface area contributed by atoms with Crippen molar-refractivity contribution >= 4 is 23.5 Å². The minimum absolute atomic E-state index is 0.452. The average Bonchev–Trinajstić information content (AvgIpc) is 2.76. The number of benzene rings is 1. The van der Waals surface area contributed by atoms with Crippen molar-refractivity contribution in [3.63, 3.8) is 0 Å². The molecule has 0 unspecified atom stereocenters. The summed E-state index contributed by atoms with van der Waals surface area (Å²) in [5.41, 5.74) is 6.79. The van der Waals surface area contributed by atoms with E-state index in [1.165, 1.54) is 11.8 Å². The molecule has 150 valence electrons. The molecule has 1 aromatic carbocycles. The molecule has 1 aliphatic heterocycles. The summed E-state index contributed by atoms with van der Waals surface area (Å²) >= 11 is 1.52. The van der Waals surface area contributed by atoms with Crippen molar-refractivity contribution in [2.75, 3.05) is 43.9 Å². The Balaban J connectivity index is 1.57. The normalized spacial score (nSPS) is 14.7. The lowest BCUT2D eigenvalue weighted by Crippen LogP contribution is -2.45. The molecule has 4 rings (SSSR count). The number of nitrogen functional groups attached to an aromatic ring is 1. The predicted molar refractivity (Wildman–Crippen MR) is 115 cm³/mol. The van der Waals surface area contributed by atoms with Gasteiger partial charge in [0.2, 0.25) is 11.8 Å². The van der Waals surface area contributed by atoms with Crippen molar-refractivity contribution in [3.8, 4) is 5.88 Å². The van der Waals surface area contributed by atoms with Crippen LogP contribution in [-0.2, 0) is 6.61 Å². The van der Waals surface area contributed by atoms with Gasteiger partial charge in [-0.2, -0.15) is 4.98 Å². The van der Waals surface area contributed by atoms with E-state index in [2.05, 4.69) is 26.8 Å². The van der Waals surface area contributed by atoms with Crippen molar-refractivity contribution in [2.24, 2.45) is 0 Å². The second kappa shape index (κ2) is 9.11. The second-order valence-corrected chi connectivity index (χ2v) is 8.04. The van der Waals surface area contributed by atoms with Crippen molar-refractivity contribution < 1.29 is 4.74 Å². The number of nitrogens with zero attached hydrogens (tertiary/aromatic N) is 5. The largest absolute Gasteiger partial charge is 0.472 e. The topological polar surface area (TPSA) is 80.4 Å². The molecule has 0 atom stereocenters. The summed E-state index contributed by atoms with van der Waals surface area (Å²) in [5, 5.41) is 0. The smallest absolute Gasteiger partial charge is 0.232 e. The van der Waals surface area contributed by atoms with Crippen molar-refractivity contribution in [1.82, 2.24) is 19.9 Å². The van der Waals surface area contributed by atoms with Gasteiger partial charge in [-0.05, 0) is 24.7 Å². The van der Waals surface area contributed by atoms with Gasteiger partial charge in [-0.3, -0.25) is 0 Å². The number of likely N-dealkylation sites (N-methyl/N-ethyl adjacent to an activating group) is 1. The van der Waals surface area contributed by atoms with Crippen LogP contribution in [0.15, 0.2) is 64.6 Å². The zero-order chi connectivity index (χ0) is 20.1. The lowest BCUT2D eigenvalue weighted by molar-refractivity contribution is 0.283. The first-order chi connectivity index (χ1) is 14.2. The van der Waals surface area contributed by atoms with E-state index in [9.17, 15) is 0 Å². The van der Waals surface area contributed by atoms with Gasteiger partial charge in [0.05, 0.1) is 11.1 Å². The van der Waals surface area contributed by atoms with E-state index < -0.39 is 0 Å². The third-order valence-corrected chi connectivity index (χ3v) is 5.68. The molecule has 7 nitrogen and oxygen atoms in total. The second-order valence-electron chi connectivity index (χ2n) is 6.92. The highest BCUT2D eigenvalue weighted by Gasteiger charge is 2.19. The molecule has 1 aliphatic rings. The zero-order valence-corrected chi connectivity index (χ0v) is 17.2. The minimum atomic E-state index is 0.452. The minimum Gasteiger partial charge on any atom is -0.472 e. The Morgan fingerprint density at radius 3 is 2.52 bits per heavy atom. The molecule has 29 heavy (non-hydrogen) atoms. The summed E-state index contributed by atoms with van der Waals surface area (Å²) in [6, 6.07) is 13.8. The number of aromatic nitrogens is 3. The Morgan fingerprint density at radius 2 is 1.79 bits per heavy atom. The number of pyridine rings is 1. The number of piperazine rings is 1. The third-order valence-electron chi connectivity index (χ3n) is 4.70. The van der Waals surface area contributed by atoms with Crippen molar-refractivity contribution in [2.45, 2.75) is 16.4 Å². The number of hydrogen-bond donors (Lipinski definition) is 1. The highest BCUT2D eigenvalue weighted by atomic mass is 32.2. The van der Waals surface area contributed by atoms with Crippen molar-refractivity contribution in [1.29, 1.82) is 0 Å². The molecule has 0 radical (unpaired) electrons. The van der Waals surface area contributed by atoms with Gasteiger partial charge in [0.15, 0.2) is 0 Å². The fourth-order valence-corrected chi connectivity index (χ4v) is 3.78. The molecule has 1 fully saturated rings. The van der Waals surface area contributed by atoms with E-state index in [-0.39, 0.29) is 0 Å². The van der Waals surface area contributed by atoms with Crippen LogP contribution in [-0.4, -0.2) is 53.1 Å². The Labute approximate surface area is 174 Å². The summed E-state index contributed by atoms with van der Waals surface area (Å²) in [6.07, 6.45) is 3.58. The van der Waals surface area contributed by atoms with Crippen LogP contribution in [0.1, 0.15) is 5.56 Å². The van der Waals surface area contributed by atoms with E-state index in [4.69, 9.17) is 15.5 Å². The monoisotopic (exact) mass is 408 g/mol. The van der Waals surface area contributed by atoms with E-state index in [1.54, 1.807) is 12.3 Å². The van der Waals surface area contributed by atoms with Gasteiger partial charge in [-0.15, -0.1) is 0 Å². The molecule has 0 aliphatic carbocycles. The fourth-order valence-electron chi connectivity index (χ4n) is 2.98. The SMILES string of the molecule is CN1CCN(c2ncc(Sc3ccc(N)nc3)c(OCc3ccccc3)n2)CC1. The standard InChI is InChI=1S/C21H24N6OS/c1-26-9-11-27(12-10-26)21-24-14-18(29-17-7-8-19(22)23-13-17)20(25-21)28-15-16-5-3-2-4-6-16/h2-8,13-14H,9-12,15H2,1H3,(H2,22,23). The average molecular weight is 409 g/mol. The van der Waals surface area contributed by atoms with Gasteiger partial charge in [0.1, 0.15) is 12.4 Å². The Hall–Kier alpha value is -2.84. The van der Waals surface area contributed by atoms with E-state index in [1.807, 2.05) is 42.6 Å². The van der Waals surface area contributed by atoms with Crippen LogP contribution in [0.25, 0.3) is 0 Å². The maximum Gasteiger partial charge on any atom is 0.232 e. The number of anilines is 2. The van der Waals surface area contributed by atoms with Crippen LogP contribution in [0, 0.1) is 0 Å². The predicted octanol–water partition coefficient (Wildman–Crippen LogP) is 2.94. The molecule has 2 N–H and O–H groups in total. The quantitative estimate of drug-likeness (QED) is 0.667. The van der Waals surface area contributed by atoms with Gasteiger partial charge >= 0.3 is 0 Å². The number of nitrogens with two attached hydrogens (primary N) is 1. The van der Waals surface area contributed by atoms with Gasteiger partial charge < -0.3 is 20.3 Å². The highest BCUT2D eigenvalue weighted by molar-refractivity contribution is 7.99. The molecule has 0 amide bonds. The van der Waals surface area contributed by atoms with Crippen LogP contribution in [0.4, 0.5) is 11.8 Å². The Kier molecular flexibility index (Phi) is 6.12. The van der Waals surface area contributed by atoms with Gasteiger partial charge in [-0.25, -0.2) is 9.97 Å². The third kappa shape index (κ3) is 5.16. The molecule has 0 saturated carbocycles. The molecular weight excluding hydrogens is 384 g/mol. The lowest BCUT2D eigenvalue weighted by atomic mass is 10.2. The van der Waals surface area contributed by atoms with Crippen molar-refractivity contribution in [3.05, 3.63) is 60.4 Å². The summed E-state index contributed by atoms with van der Waals surface area (Å²) < 4.78 is 6.12. The summed E-state index contributed by atoms with van der Waals surface area (Å²) in [7, 11) is 2.13. The molecule has 0 spiro atoms. The first-order valence-electron chi connectivity index (χ1n) is 9.54. The highest BCUT2D eigenvalue weighted by Crippen LogP contribution is 2.34. The van der Waals surface area contributed by atoms with Gasteiger partial charge in [0.25, 0.3) is 0 Å². The summed E-state index contributed by atoms with van der Waals surface area (Å²) in [6.45, 7) is 4.26. The molecule has 1 saturated heterocycles. The molecule has 3 aromatic rings. The van der Waals surface area contributed by atoms with Crippen LogP contribution >= 0.6 is 11.8 Å². The summed E-state index contributed by atoms with van der Waals surface area (Å²) in [4.78, 5) is 19.8. The van der Waals surface area contributed by atoms with E-state index in [0.717, 1.165) is 41.5 Å². The maximum atomic E-state index is 6.12. The summed E-state index contributed by atoms with van der Waals surface area (Å²) in [5.74, 6) is 1.79. The fraction of sp³-hybridized carbons (Fsp3) is 0.286. The van der Waals surface area contributed by atoms with E-state index in [0.29, 0.717) is 24.3 Å². The van der Waals surface area contributed by atoms with Crippen LogP contribution < -0.4 is 15.4 Å². The van der Waals surface area contributed by atoms with Gasteiger partial charge in [0, 0.05) is 37.3 Å². The molecule has 3 heterocycles.